The molecule has 2 saturated heterocycles. The fraction of sp³-hybridized carbons (Fsp3) is 0.700. The molecule has 0 radical (unpaired) electrons. The van der Waals surface area contributed by atoms with E-state index in [0.717, 1.165) is 38.2 Å². The molecule has 0 spiro atoms. The summed E-state index contributed by atoms with van der Waals surface area (Å²) in [7, 11) is 0. The number of hydrogen-bond donors (Lipinski definition) is 2. The van der Waals surface area contributed by atoms with E-state index in [2.05, 4.69) is 9.47 Å². The third-order valence-corrected chi connectivity index (χ3v) is 6.14. The van der Waals surface area contributed by atoms with Crippen molar-refractivity contribution in [2.75, 3.05) is 39.3 Å². The van der Waals surface area contributed by atoms with Gasteiger partial charge in [-0.3, -0.25) is 9.59 Å². The molecular weight excluding hydrogens is 346 g/mol. The molecule has 1 aromatic rings. The highest BCUT2D eigenvalue weighted by Crippen LogP contribution is 2.37. The van der Waals surface area contributed by atoms with Gasteiger partial charge in [0.25, 0.3) is 12.4 Å². The van der Waals surface area contributed by atoms with Gasteiger partial charge in [0.2, 0.25) is 0 Å². The van der Waals surface area contributed by atoms with Crippen molar-refractivity contribution in [1.29, 1.82) is 0 Å². The zero-order chi connectivity index (χ0) is 19.3. The molecule has 1 saturated carbocycles. The number of aliphatic hydroxyl groups excluding tert-OH is 1. The van der Waals surface area contributed by atoms with Gasteiger partial charge in [-0.25, -0.2) is 0 Å². The number of carbonyl (C=O) groups is 2. The van der Waals surface area contributed by atoms with E-state index >= 15 is 0 Å². The van der Waals surface area contributed by atoms with Crippen molar-refractivity contribution < 1.29 is 19.8 Å². The van der Waals surface area contributed by atoms with Gasteiger partial charge < -0.3 is 24.6 Å². The Morgan fingerprint density at radius 1 is 1.19 bits per heavy atom. The van der Waals surface area contributed by atoms with Crippen molar-refractivity contribution in [2.45, 2.75) is 44.6 Å². The molecule has 2 N–H and O–H groups in total. The number of hydrogen-bond acceptors (Lipinski definition) is 4. The predicted molar refractivity (Wildman–Crippen MR) is 102 cm³/mol. The molecule has 0 aromatic carbocycles. The molecule has 3 aliphatic rings. The van der Waals surface area contributed by atoms with E-state index in [-0.39, 0.29) is 24.4 Å². The lowest BCUT2D eigenvalue weighted by Gasteiger charge is -2.42. The van der Waals surface area contributed by atoms with E-state index in [1.807, 2.05) is 23.2 Å². The van der Waals surface area contributed by atoms with Crippen LogP contribution in [0.15, 0.2) is 18.3 Å². The first-order valence-electron chi connectivity index (χ1n) is 10.00. The third-order valence-electron chi connectivity index (χ3n) is 6.14. The van der Waals surface area contributed by atoms with E-state index < -0.39 is 0 Å². The first-order chi connectivity index (χ1) is 13.1. The molecule has 27 heavy (non-hydrogen) atoms. The Kier molecular flexibility index (Phi) is 6.55. The van der Waals surface area contributed by atoms with E-state index in [0.29, 0.717) is 6.04 Å². The molecule has 0 unspecified atom stereocenters. The largest absolute Gasteiger partial charge is 0.483 e. The number of aromatic nitrogens is 1. The van der Waals surface area contributed by atoms with Crippen molar-refractivity contribution in [3.63, 3.8) is 0 Å². The summed E-state index contributed by atoms with van der Waals surface area (Å²) >= 11 is 0. The summed E-state index contributed by atoms with van der Waals surface area (Å²) in [5.41, 5.74) is 0.827. The van der Waals surface area contributed by atoms with Crippen LogP contribution in [-0.2, 0) is 4.79 Å². The Labute approximate surface area is 160 Å². The highest BCUT2D eigenvalue weighted by atomic mass is 16.3. The Morgan fingerprint density at radius 3 is 2.37 bits per heavy atom. The van der Waals surface area contributed by atoms with Crippen molar-refractivity contribution >= 4 is 12.4 Å². The quantitative estimate of drug-likeness (QED) is 0.765. The highest BCUT2D eigenvalue weighted by Gasteiger charge is 2.38. The zero-order valence-corrected chi connectivity index (χ0v) is 15.9. The average molecular weight is 377 g/mol. The maximum absolute atomic E-state index is 12.9. The van der Waals surface area contributed by atoms with Crippen LogP contribution < -0.4 is 0 Å². The molecule has 2 aliphatic heterocycles. The summed E-state index contributed by atoms with van der Waals surface area (Å²) in [4.78, 5) is 25.7. The maximum Gasteiger partial charge on any atom is 0.290 e. The zero-order valence-electron chi connectivity index (χ0n) is 15.9. The Hall–Kier alpha value is -1.86. The molecule has 7 heteroatoms. The lowest BCUT2D eigenvalue weighted by Crippen LogP contribution is -2.49. The number of piperidine rings is 1. The summed E-state index contributed by atoms with van der Waals surface area (Å²) < 4.78 is 2.15. The number of rotatable bonds is 5. The molecule has 1 aliphatic carbocycles. The highest BCUT2D eigenvalue weighted by molar-refractivity contribution is 5.93. The third kappa shape index (κ3) is 4.71. The number of carboxylic acid groups (broad SMARTS) is 1. The van der Waals surface area contributed by atoms with Gasteiger partial charge in [0.05, 0.1) is 6.61 Å². The van der Waals surface area contributed by atoms with Crippen molar-refractivity contribution in [2.24, 2.45) is 5.41 Å². The van der Waals surface area contributed by atoms with Crippen LogP contribution in [0.4, 0.5) is 0 Å². The predicted octanol–water partition coefficient (Wildman–Crippen LogP) is 1.83. The monoisotopic (exact) mass is 377 g/mol. The van der Waals surface area contributed by atoms with Crippen LogP contribution in [0.1, 0.15) is 55.1 Å². The summed E-state index contributed by atoms with van der Waals surface area (Å²) in [6.07, 6.45) is 8.82. The van der Waals surface area contributed by atoms with Crippen LogP contribution in [-0.4, -0.2) is 76.3 Å². The summed E-state index contributed by atoms with van der Waals surface area (Å²) in [5.74, 6) is 0.166. The van der Waals surface area contributed by atoms with Crippen LogP contribution >= 0.6 is 0 Å². The molecule has 0 atom stereocenters. The van der Waals surface area contributed by atoms with E-state index in [9.17, 15) is 9.90 Å². The average Bonchev–Trinajstić information content (AvgIpc) is 3.18. The second-order valence-corrected chi connectivity index (χ2v) is 8.07. The number of carbonyl (C=O) groups excluding carboxylic acids is 1. The first-order valence-corrected chi connectivity index (χ1v) is 10.00. The molecule has 1 amide bonds. The normalized spacial score (nSPS) is 22.2. The standard InChI is InChI=1S/C19H29N3O2.CH2O2/c23-15-19(14-20-9-1-2-10-20)7-12-21(13-8-19)18(24)17-4-3-11-22(17)16-5-6-16;2-1-3/h3-4,11,16,23H,1-2,5-10,12-15H2;1H,(H,2,3). The Balaban J connectivity index is 0.000000659. The second-order valence-electron chi connectivity index (χ2n) is 8.07. The topological polar surface area (TPSA) is 86.0 Å². The van der Waals surface area contributed by atoms with Crippen LogP contribution in [0.3, 0.4) is 0 Å². The summed E-state index contributed by atoms with van der Waals surface area (Å²) in [6.45, 7) is 4.85. The smallest absolute Gasteiger partial charge is 0.290 e. The lowest BCUT2D eigenvalue weighted by molar-refractivity contribution is -0.122. The van der Waals surface area contributed by atoms with Gasteiger partial charge in [-0.1, -0.05) is 0 Å². The molecular formula is C20H31N3O4. The minimum atomic E-state index is -0.250. The van der Waals surface area contributed by atoms with Gasteiger partial charge in [0.15, 0.2) is 0 Å². The number of amides is 1. The number of likely N-dealkylation sites (tertiary alicyclic amines) is 2. The van der Waals surface area contributed by atoms with Gasteiger partial charge in [0.1, 0.15) is 5.69 Å². The first kappa shape index (κ1) is 19.9. The minimum absolute atomic E-state index is 0.0143. The van der Waals surface area contributed by atoms with E-state index in [1.54, 1.807) is 0 Å². The molecule has 150 valence electrons. The molecule has 3 heterocycles. The van der Waals surface area contributed by atoms with E-state index in [1.165, 1.54) is 38.8 Å². The summed E-state index contributed by atoms with van der Waals surface area (Å²) in [6, 6.07) is 4.48. The molecule has 0 bridgehead atoms. The lowest BCUT2D eigenvalue weighted by atomic mass is 9.78. The minimum Gasteiger partial charge on any atom is -0.483 e. The van der Waals surface area contributed by atoms with Crippen molar-refractivity contribution in [3.05, 3.63) is 24.0 Å². The van der Waals surface area contributed by atoms with Crippen LogP contribution in [0.2, 0.25) is 0 Å². The second kappa shape index (κ2) is 8.89. The maximum atomic E-state index is 12.9. The molecule has 4 rings (SSSR count). The number of nitrogens with zero attached hydrogens (tertiary/aromatic N) is 3. The van der Waals surface area contributed by atoms with Crippen molar-refractivity contribution in [1.82, 2.24) is 14.4 Å². The summed E-state index contributed by atoms with van der Waals surface area (Å²) in [5, 5.41) is 16.9. The van der Waals surface area contributed by atoms with Crippen LogP contribution in [0.25, 0.3) is 0 Å². The fourth-order valence-electron chi connectivity index (χ4n) is 4.37. The Morgan fingerprint density at radius 2 is 1.81 bits per heavy atom. The SMILES string of the molecule is O=C(c1cccn1C1CC1)N1CCC(CO)(CN2CCCC2)CC1.O=CO. The van der Waals surface area contributed by atoms with Crippen molar-refractivity contribution in [3.8, 4) is 0 Å². The van der Waals surface area contributed by atoms with E-state index in [4.69, 9.17) is 9.90 Å². The van der Waals surface area contributed by atoms with Gasteiger partial charge in [-0.05, 0) is 63.7 Å². The van der Waals surface area contributed by atoms with Crippen LogP contribution in [0, 0.1) is 5.41 Å². The molecule has 7 nitrogen and oxygen atoms in total. The molecule has 3 fully saturated rings. The fourth-order valence-corrected chi connectivity index (χ4v) is 4.37. The van der Waals surface area contributed by atoms with Crippen LogP contribution in [0.5, 0.6) is 0 Å². The van der Waals surface area contributed by atoms with Gasteiger partial charge in [0, 0.05) is 37.3 Å². The van der Waals surface area contributed by atoms with Gasteiger partial charge >= 0.3 is 0 Å². The van der Waals surface area contributed by atoms with Gasteiger partial charge in [-0.15, -0.1) is 0 Å². The number of aliphatic hydroxyl groups is 1. The Bertz CT molecular complexity index is 627. The molecule has 1 aromatic heterocycles. The van der Waals surface area contributed by atoms with Gasteiger partial charge in [-0.2, -0.15) is 0 Å².